The van der Waals surface area contributed by atoms with E-state index in [0.29, 0.717) is 12.6 Å². The molecule has 0 spiro atoms. The molecule has 2 heterocycles. The first-order valence-corrected chi connectivity index (χ1v) is 8.06. The summed E-state index contributed by atoms with van der Waals surface area (Å²) in [5, 5.41) is 3.53. The van der Waals surface area contributed by atoms with E-state index in [1.54, 1.807) is 11.1 Å². The molecule has 1 fully saturated rings. The van der Waals surface area contributed by atoms with Crippen LogP contribution in [-0.4, -0.2) is 48.1 Å². The van der Waals surface area contributed by atoms with Gasteiger partial charge in [-0.2, -0.15) is 0 Å². The zero-order chi connectivity index (χ0) is 15.9. The third-order valence-electron chi connectivity index (χ3n) is 4.07. The van der Waals surface area contributed by atoms with E-state index in [-0.39, 0.29) is 17.9 Å². The first-order chi connectivity index (χ1) is 10.6. The summed E-state index contributed by atoms with van der Waals surface area (Å²) < 4.78 is 5.39. The van der Waals surface area contributed by atoms with E-state index in [2.05, 4.69) is 24.1 Å². The Hall–Kier alpha value is -1.46. The van der Waals surface area contributed by atoms with Crippen molar-refractivity contribution < 1.29 is 9.53 Å². The maximum absolute atomic E-state index is 12.8. The van der Waals surface area contributed by atoms with E-state index in [0.717, 1.165) is 31.7 Å². The van der Waals surface area contributed by atoms with Gasteiger partial charge in [0.05, 0.1) is 18.3 Å². The zero-order valence-electron chi connectivity index (χ0n) is 13.8. The highest BCUT2D eigenvalue weighted by atomic mass is 16.5. The van der Waals surface area contributed by atoms with Crippen LogP contribution in [-0.2, 0) is 16.1 Å². The molecule has 1 aromatic rings. The number of aromatic nitrogens is 1. The molecule has 1 amide bonds. The van der Waals surface area contributed by atoms with Gasteiger partial charge in [0.2, 0.25) is 5.91 Å². The fourth-order valence-corrected chi connectivity index (χ4v) is 2.72. The number of amides is 1. The average molecular weight is 305 g/mol. The molecular weight excluding hydrogens is 278 g/mol. The minimum absolute atomic E-state index is 0.132. The number of carbonyl (C=O) groups is 1. The summed E-state index contributed by atoms with van der Waals surface area (Å²) in [5.74, 6) is 0.383. The number of likely N-dealkylation sites (N-methyl/N-ethyl adjacent to an activating group) is 1. The summed E-state index contributed by atoms with van der Waals surface area (Å²) in [7, 11) is 1.85. The molecular formula is C17H27N3O2. The minimum Gasteiger partial charge on any atom is -0.381 e. The van der Waals surface area contributed by atoms with Crippen molar-refractivity contribution in [2.24, 2.45) is 5.92 Å². The number of carbonyl (C=O) groups excluding carboxylic acids is 1. The number of rotatable bonds is 6. The van der Waals surface area contributed by atoms with Gasteiger partial charge in [-0.15, -0.1) is 0 Å². The second-order valence-corrected chi connectivity index (χ2v) is 6.29. The summed E-state index contributed by atoms with van der Waals surface area (Å²) in [4.78, 5) is 18.8. The zero-order valence-corrected chi connectivity index (χ0v) is 13.8. The van der Waals surface area contributed by atoms with Gasteiger partial charge < -0.3 is 15.0 Å². The molecule has 2 rings (SSSR count). The fourth-order valence-electron chi connectivity index (χ4n) is 2.72. The van der Waals surface area contributed by atoms with E-state index < -0.39 is 0 Å². The average Bonchev–Trinajstić information content (AvgIpc) is 2.53. The van der Waals surface area contributed by atoms with Crippen LogP contribution in [0.4, 0.5) is 0 Å². The van der Waals surface area contributed by atoms with Crippen LogP contribution in [0.5, 0.6) is 0 Å². The molecule has 22 heavy (non-hydrogen) atoms. The van der Waals surface area contributed by atoms with Crippen LogP contribution in [0.3, 0.4) is 0 Å². The van der Waals surface area contributed by atoms with Gasteiger partial charge in [0.1, 0.15) is 0 Å². The molecule has 5 nitrogen and oxygen atoms in total. The van der Waals surface area contributed by atoms with Crippen molar-refractivity contribution in [1.29, 1.82) is 0 Å². The molecule has 0 radical (unpaired) electrons. The van der Waals surface area contributed by atoms with Gasteiger partial charge in [-0.3, -0.25) is 9.78 Å². The SMILES string of the molecule is CC(C)[C@@H](NC1CCOCC1)C(=O)N(C)Cc1ccccn1. The molecule has 0 aromatic carbocycles. The molecule has 1 aromatic heterocycles. The Morgan fingerprint density at radius 2 is 2.14 bits per heavy atom. The Labute approximate surface area is 133 Å². The van der Waals surface area contributed by atoms with E-state index in [9.17, 15) is 4.79 Å². The Bertz CT molecular complexity index is 458. The van der Waals surface area contributed by atoms with Crippen LogP contribution < -0.4 is 5.32 Å². The standard InChI is InChI=1S/C17H27N3O2/c1-13(2)16(19-14-7-10-22-11-8-14)17(21)20(3)12-15-6-4-5-9-18-15/h4-6,9,13-14,16,19H,7-8,10-12H2,1-3H3/t16-/m1/s1. The van der Waals surface area contributed by atoms with Gasteiger partial charge in [-0.1, -0.05) is 19.9 Å². The van der Waals surface area contributed by atoms with E-state index in [1.165, 1.54) is 0 Å². The lowest BCUT2D eigenvalue weighted by atomic mass is 9.99. The molecule has 5 heteroatoms. The first kappa shape index (κ1) is 16.9. The molecule has 1 N–H and O–H groups in total. The number of pyridine rings is 1. The third kappa shape index (κ3) is 4.78. The van der Waals surface area contributed by atoms with Crippen LogP contribution in [0.1, 0.15) is 32.4 Å². The lowest BCUT2D eigenvalue weighted by Gasteiger charge is -2.32. The van der Waals surface area contributed by atoms with Crippen molar-refractivity contribution in [3.63, 3.8) is 0 Å². The molecule has 1 aliphatic rings. The predicted molar refractivity (Wildman–Crippen MR) is 86.3 cm³/mol. The molecule has 122 valence electrons. The maximum Gasteiger partial charge on any atom is 0.240 e. The largest absolute Gasteiger partial charge is 0.381 e. The molecule has 0 saturated carbocycles. The number of hydrogen-bond acceptors (Lipinski definition) is 4. The Kier molecular flexibility index (Phi) is 6.34. The number of nitrogens with one attached hydrogen (secondary N) is 1. The van der Waals surface area contributed by atoms with Crippen molar-refractivity contribution >= 4 is 5.91 Å². The van der Waals surface area contributed by atoms with E-state index >= 15 is 0 Å². The van der Waals surface area contributed by atoms with Crippen molar-refractivity contribution in [2.45, 2.75) is 45.3 Å². The van der Waals surface area contributed by atoms with Gasteiger partial charge in [0, 0.05) is 32.5 Å². The van der Waals surface area contributed by atoms with Crippen LogP contribution >= 0.6 is 0 Å². The highest BCUT2D eigenvalue weighted by molar-refractivity contribution is 5.82. The lowest BCUT2D eigenvalue weighted by Crippen LogP contribution is -2.52. The van der Waals surface area contributed by atoms with Gasteiger partial charge in [0.15, 0.2) is 0 Å². The maximum atomic E-state index is 12.8. The summed E-state index contributed by atoms with van der Waals surface area (Å²) in [6.07, 6.45) is 3.70. The van der Waals surface area contributed by atoms with Crippen LogP contribution in [0, 0.1) is 5.92 Å². The smallest absolute Gasteiger partial charge is 0.240 e. The summed E-state index contributed by atoms with van der Waals surface area (Å²) in [6.45, 7) is 6.27. The molecule has 1 atom stereocenters. The quantitative estimate of drug-likeness (QED) is 0.871. The molecule has 0 unspecified atom stereocenters. The lowest BCUT2D eigenvalue weighted by molar-refractivity contribution is -0.134. The second kappa shape index (κ2) is 8.25. The van der Waals surface area contributed by atoms with Crippen LogP contribution in [0.25, 0.3) is 0 Å². The molecule has 1 saturated heterocycles. The van der Waals surface area contributed by atoms with Crippen molar-refractivity contribution in [1.82, 2.24) is 15.2 Å². The summed E-state index contributed by atoms with van der Waals surface area (Å²) in [6, 6.07) is 5.99. The van der Waals surface area contributed by atoms with E-state index in [1.807, 2.05) is 25.2 Å². The van der Waals surface area contributed by atoms with Crippen molar-refractivity contribution in [2.75, 3.05) is 20.3 Å². The highest BCUT2D eigenvalue weighted by Gasteiger charge is 2.28. The topological polar surface area (TPSA) is 54.5 Å². The number of hydrogen-bond donors (Lipinski definition) is 1. The Morgan fingerprint density at radius 1 is 1.41 bits per heavy atom. The number of nitrogens with zero attached hydrogens (tertiary/aromatic N) is 2. The molecule has 0 aliphatic carbocycles. The summed E-state index contributed by atoms with van der Waals surface area (Å²) >= 11 is 0. The first-order valence-electron chi connectivity index (χ1n) is 8.06. The Morgan fingerprint density at radius 3 is 2.73 bits per heavy atom. The van der Waals surface area contributed by atoms with Crippen molar-refractivity contribution in [3.8, 4) is 0 Å². The fraction of sp³-hybridized carbons (Fsp3) is 0.647. The monoisotopic (exact) mass is 305 g/mol. The third-order valence-corrected chi connectivity index (χ3v) is 4.07. The number of ether oxygens (including phenoxy) is 1. The predicted octanol–water partition coefficient (Wildman–Crippen LogP) is 1.83. The van der Waals surface area contributed by atoms with Gasteiger partial charge in [-0.25, -0.2) is 0 Å². The van der Waals surface area contributed by atoms with Gasteiger partial charge >= 0.3 is 0 Å². The summed E-state index contributed by atoms with van der Waals surface area (Å²) in [5.41, 5.74) is 0.909. The minimum atomic E-state index is -0.156. The normalized spacial score (nSPS) is 17.5. The van der Waals surface area contributed by atoms with Gasteiger partial charge in [0.25, 0.3) is 0 Å². The van der Waals surface area contributed by atoms with Crippen molar-refractivity contribution in [3.05, 3.63) is 30.1 Å². The van der Waals surface area contributed by atoms with Gasteiger partial charge in [-0.05, 0) is 30.9 Å². The highest BCUT2D eigenvalue weighted by Crippen LogP contribution is 2.13. The molecule has 1 aliphatic heterocycles. The van der Waals surface area contributed by atoms with E-state index in [4.69, 9.17) is 4.74 Å². The second-order valence-electron chi connectivity index (χ2n) is 6.29. The van der Waals surface area contributed by atoms with Crippen LogP contribution in [0.2, 0.25) is 0 Å². The molecule has 0 bridgehead atoms. The van der Waals surface area contributed by atoms with Crippen LogP contribution in [0.15, 0.2) is 24.4 Å². The Balaban J connectivity index is 1.95.